The number of hydrogen-bond acceptors (Lipinski definition) is 6. The highest BCUT2D eigenvalue weighted by Crippen LogP contribution is 2.36. The van der Waals surface area contributed by atoms with Gasteiger partial charge in [-0.2, -0.15) is 0 Å². The fraction of sp³-hybridized carbons (Fsp3) is 0.429. The predicted octanol–water partition coefficient (Wildman–Crippen LogP) is 1.82. The smallest absolute Gasteiger partial charge is 0.360 e. The van der Waals surface area contributed by atoms with Gasteiger partial charge >= 0.3 is 5.97 Å². The molecule has 2 heterocycles. The molecule has 1 aliphatic rings. The van der Waals surface area contributed by atoms with Crippen LogP contribution in [-0.2, 0) is 11.3 Å². The fourth-order valence-corrected chi connectivity index (χ4v) is 2.20. The quantitative estimate of drug-likeness (QED) is 0.784. The van der Waals surface area contributed by atoms with Crippen LogP contribution in [0.5, 0.6) is 5.75 Å². The van der Waals surface area contributed by atoms with Gasteiger partial charge in [0.05, 0.1) is 13.3 Å². The van der Waals surface area contributed by atoms with E-state index < -0.39 is 11.8 Å². The van der Waals surface area contributed by atoms with Crippen molar-refractivity contribution in [3.05, 3.63) is 35.4 Å². The van der Waals surface area contributed by atoms with Crippen LogP contribution in [0.3, 0.4) is 0 Å². The molecule has 0 radical (unpaired) electrons. The van der Waals surface area contributed by atoms with Gasteiger partial charge in [-0.25, -0.2) is 14.2 Å². The van der Waals surface area contributed by atoms with E-state index in [-0.39, 0.29) is 18.1 Å². The summed E-state index contributed by atoms with van der Waals surface area (Å²) < 4.78 is 25.6. The Balaban J connectivity index is 1.70. The summed E-state index contributed by atoms with van der Waals surface area (Å²) in [5, 5.41) is 7.98. The van der Waals surface area contributed by atoms with Crippen LogP contribution in [0.1, 0.15) is 41.0 Å². The second-order valence-electron chi connectivity index (χ2n) is 5.05. The van der Waals surface area contributed by atoms with Gasteiger partial charge in [-0.1, -0.05) is 0 Å². The van der Waals surface area contributed by atoms with Crippen LogP contribution in [0.15, 0.2) is 12.3 Å². The summed E-state index contributed by atoms with van der Waals surface area (Å²) in [5.41, 5.74) is -0.380. The van der Waals surface area contributed by atoms with E-state index in [9.17, 15) is 9.18 Å². The summed E-state index contributed by atoms with van der Waals surface area (Å²) in [6.07, 6.45) is 3.39. The lowest BCUT2D eigenvalue weighted by Crippen LogP contribution is -2.13. The maximum absolute atomic E-state index is 13.8. The predicted molar refractivity (Wildman–Crippen MR) is 72.9 cm³/mol. The highest BCUT2D eigenvalue weighted by molar-refractivity contribution is 5.87. The average Bonchev–Trinajstić information content (AvgIpc) is 3.28. The van der Waals surface area contributed by atoms with Gasteiger partial charge in [0.25, 0.3) is 0 Å². The first-order valence-corrected chi connectivity index (χ1v) is 6.87. The first-order valence-electron chi connectivity index (χ1n) is 6.87. The number of pyridine rings is 1. The zero-order chi connectivity index (χ0) is 15.7. The molecule has 0 unspecified atom stereocenters. The fourth-order valence-electron chi connectivity index (χ4n) is 2.20. The highest BCUT2D eigenvalue weighted by Gasteiger charge is 2.28. The molecule has 0 bridgehead atoms. The molecular formula is C14H15FN4O3. The summed E-state index contributed by atoms with van der Waals surface area (Å²) in [7, 11) is 1.39. The van der Waals surface area contributed by atoms with E-state index in [0.717, 1.165) is 24.7 Å². The van der Waals surface area contributed by atoms with Crippen LogP contribution in [0, 0.1) is 12.7 Å². The van der Waals surface area contributed by atoms with Gasteiger partial charge in [0.1, 0.15) is 11.6 Å². The number of nitrogens with zero attached hydrogens (tertiary/aromatic N) is 4. The van der Waals surface area contributed by atoms with Crippen LogP contribution >= 0.6 is 0 Å². The van der Waals surface area contributed by atoms with Crippen LogP contribution in [-0.4, -0.2) is 32.8 Å². The van der Waals surface area contributed by atoms with E-state index in [0.29, 0.717) is 11.9 Å². The molecule has 22 heavy (non-hydrogen) atoms. The van der Waals surface area contributed by atoms with Crippen molar-refractivity contribution in [3.63, 3.8) is 0 Å². The summed E-state index contributed by atoms with van der Waals surface area (Å²) in [6.45, 7) is 1.78. The number of esters is 1. The molecule has 116 valence electrons. The van der Waals surface area contributed by atoms with Gasteiger partial charge in [-0.05, 0) is 19.8 Å². The number of carbonyl (C=O) groups excluding carboxylic acids is 1. The molecule has 1 fully saturated rings. The van der Waals surface area contributed by atoms with Crippen molar-refractivity contribution >= 4 is 5.97 Å². The minimum absolute atomic E-state index is 0.0661. The Morgan fingerprint density at radius 3 is 2.86 bits per heavy atom. The third-order valence-corrected chi connectivity index (χ3v) is 3.43. The molecular weight excluding hydrogens is 291 g/mol. The van der Waals surface area contributed by atoms with Gasteiger partial charge < -0.3 is 14.0 Å². The van der Waals surface area contributed by atoms with Crippen molar-refractivity contribution in [2.75, 3.05) is 7.11 Å². The Morgan fingerprint density at radius 1 is 1.45 bits per heavy atom. The molecule has 0 amide bonds. The van der Waals surface area contributed by atoms with Crippen molar-refractivity contribution in [1.82, 2.24) is 19.7 Å². The lowest BCUT2D eigenvalue weighted by Gasteiger charge is -2.08. The number of rotatable bonds is 5. The van der Waals surface area contributed by atoms with Gasteiger partial charge in [-0.15, -0.1) is 10.2 Å². The molecule has 8 heteroatoms. The maximum Gasteiger partial charge on any atom is 0.360 e. The number of halogens is 1. The van der Waals surface area contributed by atoms with E-state index in [2.05, 4.69) is 15.2 Å². The maximum atomic E-state index is 13.8. The molecule has 2 aromatic heterocycles. The average molecular weight is 306 g/mol. The topological polar surface area (TPSA) is 79.1 Å². The standard InChI is InChI=1S/C14H15FN4O3/c1-8-17-18-12(19(8)9-3-4-9)7-22-14(20)13-11(15)5-10(21-2)6-16-13/h5-6,9H,3-4,7H2,1-2H3. The molecule has 0 aromatic carbocycles. The minimum Gasteiger partial charge on any atom is -0.495 e. The number of methoxy groups -OCH3 is 1. The molecule has 0 spiro atoms. The zero-order valence-corrected chi connectivity index (χ0v) is 12.2. The van der Waals surface area contributed by atoms with Crippen LogP contribution in [0.25, 0.3) is 0 Å². The van der Waals surface area contributed by atoms with Crippen molar-refractivity contribution in [3.8, 4) is 5.75 Å². The van der Waals surface area contributed by atoms with Crippen LogP contribution in [0.4, 0.5) is 4.39 Å². The van der Waals surface area contributed by atoms with Crippen molar-refractivity contribution in [2.45, 2.75) is 32.4 Å². The molecule has 0 N–H and O–H groups in total. The Labute approximate surface area is 126 Å². The number of hydrogen-bond donors (Lipinski definition) is 0. The molecule has 0 saturated heterocycles. The number of ether oxygens (including phenoxy) is 2. The van der Waals surface area contributed by atoms with E-state index in [4.69, 9.17) is 9.47 Å². The molecule has 3 rings (SSSR count). The first kappa shape index (κ1) is 14.4. The van der Waals surface area contributed by atoms with Gasteiger partial charge in [0.2, 0.25) is 0 Å². The third kappa shape index (κ3) is 2.76. The van der Waals surface area contributed by atoms with E-state index >= 15 is 0 Å². The monoisotopic (exact) mass is 306 g/mol. The minimum atomic E-state index is -0.844. The molecule has 7 nitrogen and oxygen atoms in total. The molecule has 0 aliphatic heterocycles. The zero-order valence-electron chi connectivity index (χ0n) is 12.2. The van der Waals surface area contributed by atoms with Crippen molar-refractivity contribution in [1.29, 1.82) is 0 Å². The second-order valence-corrected chi connectivity index (χ2v) is 5.05. The summed E-state index contributed by atoms with van der Waals surface area (Å²) in [5.74, 6) is -0.0601. The first-order chi connectivity index (χ1) is 10.6. The van der Waals surface area contributed by atoms with E-state index in [1.165, 1.54) is 13.3 Å². The number of aromatic nitrogens is 4. The van der Waals surface area contributed by atoms with Crippen molar-refractivity contribution in [2.24, 2.45) is 0 Å². The lowest BCUT2D eigenvalue weighted by atomic mass is 10.3. The van der Waals surface area contributed by atoms with Crippen LogP contribution in [0.2, 0.25) is 0 Å². The molecule has 1 saturated carbocycles. The normalized spacial score (nSPS) is 14.0. The largest absolute Gasteiger partial charge is 0.495 e. The number of carbonyl (C=O) groups is 1. The van der Waals surface area contributed by atoms with Crippen molar-refractivity contribution < 1.29 is 18.7 Å². The summed E-state index contributed by atoms with van der Waals surface area (Å²) >= 11 is 0. The molecule has 1 aliphatic carbocycles. The number of aryl methyl sites for hydroxylation is 1. The Hall–Kier alpha value is -2.51. The van der Waals surface area contributed by atoms with E-state index in [1.54, 1.807) is 0 Å². The van der Waals surface area contributed by atoms with Gasteiger partial charge in [-0.3, -0.25) is 0 Å². The molecule has 0 atom stereocenters. The second kappa shape index (κ2) is 5.70. The summed E-state index contributed by atoms with van der Waals surface area (Å²) in [4.78, 5) is 15.6. The third-order valence-electron chi connectivity index (χ3n) is 3.43. The Bertz CT molecular complexity index is 712. The SMILES string of the molecule is COc1cnc(C(=O)OCc2nnc(C)n2C2CC2)c(F)c1. The highest BCUT2D eigenvalue weighted by atomic mass is 19.1. The summed E-state index contributed by atoms with van der Waals surface area (Å²) in [6, 6.07) is 1.46. The van der Waals surface area contributed by atoms with Gasteiger partial charge in [0.15, 0.2) is 23.9 Å². The van der Waals surface area contributed by atoms with Crippen LogP contribution < -0.4 is 4.74 Å². The van der Waals surface area contributed by atoms with Gasteiger partial charge in [0, 0.05) is 12.1 Å². The Morgan fingerprint density at radius 2 is 2.23 bits per heavy atom. The lowest BCUT2D eigenvalue weighted by molar-refractivity contribution is 0.0444. The Kier molecular flexibility index (Phi) is 3.74. The molecule has 2 aromatic rings. The van der Waals surface area contributed by atoms with E-state index in [1.807, 2.05) is 11.5 Å².